The summed E-state index contributed by atoms with van der Waals surface area (Å²) in [6, 6.07) is 0. The van der Waals surface area contributed by atoms with E-state index >= 15 is 0 Å². The van der Waals surface area contributed by atoms with Gasteiger partial charge in [-0.25, -0.2) is 0 Å². The van der Waals surface area contributed by atoms with Crippen molar-refractivity contribution in [1.29, 1.82) is 0 Å². The first-order valence-corrected chi connectivity index (χ1v) is 5.74. The number of nitrogens with zero attached hydrogens (tertiary/aromatic N) is 1. The third-order valence-electron chi connectivity index (χ3n) is 3.73. The van der Waals surface area contributed by atoms with Crippen LogP contribution in [0.4, 0.5) is 0 Å². The summed E-state index contributed by atoms with van der Waals surface area (Å²) < 4.78 is 0. The summed E-state index contributed by atoms with van der Waals surface area (Å²) in [6.07, 6.45) is 2.30. The van der Waals surface area contributed by atoms with Crippen molar-refractivity contribution in [3.8, 4) is 0 Å². The second kappa shape index (κ2) is 4.01. The number of carbonyl (C=O) groups excluding carboxylic acids is 2. The minimum absolute atomic E-state index is 0.0617. The van der Waals surface area contributed by atoms with Gasteiger partial charge in [-0.05, 0) is 26.7 Å². The van der Waals surface area contributed by atoms with Gasteiger partial charge in [0.1, 0.15) is 0 Å². The Hall–Kier alpha value is -1.16. The molecule has 0 aromatic rings. The lowest BCUT2D eigenvalue weighted by atomic mass is 10.1. The lowest BCUT2D eigenvalue weighted by molar-refractivity contribution is -0.138. The molecule has 0 spiro atoms. The van der Waals surface area contributed by atoms with Crippen LogP contribution in [-0.2, 0) is 9.59 Å². The van der Waals surface area contributed by atoms with Crippen molar-refractivity contribution in [3.05, 3.63) is 11.1 Å². The highest BCUT2D eigenvalue weighted by Gasteiger charge is 2.37. The lowest BCUT2D eigenvalue weighted by Gasteiger charge is -2.21. The monoisotopic (exact) mass is 223 g/mol. The summed E-state index contributed by atoms with van der Waals surface area (Å²) in [5.74, 6) is -0.324. The van der Waals surface area contributed by atoms with Crippen molar-refractivity contribution in [3.63, 3.8) is 0 Å². The molecule has 1 N–H and O–H groups in total. The molecule has 1 fully saturated rings. The maximum atomic E-state index is 11.8. The highest BCUT2D eigenvalue weighted by molar-refractivity contribution is 6.18. The molecule has 1 saturated carbocycles. The van der Waals surface area contributed by atoms with Crippen LogP contribution < -0.4 is 0 Å². The Kier molecular flexibility index (Phi) is 2.84. The Labute approximate surface area is 94.9 Å². The van der Waals surface area contributed by atoms with E-state index in [1.807, 2.05) is 0 Å². The molecule has 2 rings (SSSR count). The minimum Gasteiger partial charge on any atom is -0.393 e. The Bertz CT molecular complexity index is 348. The molecule has 0 aromatic carbocycles. The van der Waals surface area contributed by atoms with E-state index < -0.39 is 0 Å². The third kappa shape index (κ3) is 1.67. The number of amides is 2. The van der Waals surface area contributed by atoms with E-state index in [0.29, 0.717) is 17.7 Å². The van der Waals surface area contributed by atoms with Crippen LogP contribution in [0.3, 0.4) is 0 Å². The van der Waals surface area contributed by atoms with Crippen LogP contribution in [0.25, 0.3) is 0 Å². The number of rotatable bonds is 2. The molecule has 0 bridgehead atoms. The van der Waals surface area contributed by atoms with Gasteiger partial charge in [-0.15, -0.1) is 0 Å². The van der Waals surface area contributed by atoms with Crippen LogP contribution >= 0.6 is 0 Å². The van der Waals surface area contributed by atoms with E-state index in [2.05, 4.69) is 0 Å². The molecule has 1 aliphatic heterocycles. The molecule has 2 aliphatic rings. The van der Waals surface area contributed by atoms with Gasteiger partial charge in [-0.2, -0.15) is 0 Å². The first kappa shape index (κ1) is 11.3. The topological polar surface area (TPSA) is 57.6 Å². The summed E-state index contributed by atoms with van der Waals surface area (Å²) in [4.78, 5) is 24.9. The van der Waals surface area contributed by atoms with Gasteiger partial charge in [0.25, 0.3) is 11.8 Å². The third-order valence-corrected chi connectivity index (χ3v) is 3.73. The molecule has 4 heteroatoms. The molecule has 2 atom stereocenters. The second-order valence-corrected chi connectivity index (χ2v) is 4.73. The average molecular weight is 223 g/mol. The van der Waals surface area contributed by atoms with Gasteiger partial charge in [-0.1, -0.05) is 6.42 Å². The van der Waals surface area contributed by atoms with Crippen molar-refractivity contribution >= 4 is 11.8 Å². The van der Waals surface area contributed by atoms with Gasteiger partial charge in [0.15, 0.2) is 0 Å². The van der Waals surface area contributed by atoms with Gasteiger partial charge >= 0.3 is 0 Å². The van der Waals surface area contributed by atoms with Crippen molar-refractivity contribution in [2.24, 2.45) is 5.92 Å². The predicted molar refractivity (Wildman–Crippen MR) is 58.4 cm³/mol. The van der Waals surface area contributed by atoms with Crippen LogP contribution in [0, 0.1) is 5.92 Å². The number of imide groups is 1. The summed E-state index contributed by atoms with van der Waals surface area (Å²) in [5, 5.41) is 9.69. The Morgan fingerprint density at radius 3 is 2.19 bits per heavy atom. The molecule has 2 amide bonds. The average Bonchev–Trinajstić information content (AvgIpc) is 2.73. The molecule has 16 heavy (non-hydrogen) atoms. The first-order valence-electron chi connectivity index (χ1n) is 5.74. The van der Waals surface area contributed by atoms with Crippen LogP contribution in [0.5, 0.6) is 0 Å². The molecular formula is C12H17NO3. The van der Waals surface area contributed by atoms with E-state index in [-0.39, 0.29) is 23.8 Å². The van der Waals surface area contributed by atoms with Gasteiger partial charge in [0, 0.05) is 23.6 Å². The van der Waals surface area contributed by atoms with Crippen LogP contribution in [-0.4, -0.2) is 34.5 Å². The standard InChI is InChI=1S/C12H17NO3/c1-7-8(2)12(16)13(11(7)15)6-9-4-3-5-10(9)14/h9-10,14H,3-6H2,1-2H3. The van der Waals surface area contributed by atoms with E-state index in [9.17, 15) is 14.7 Å². The molecule has 0 radical (unpaired) electrons. The number of aliphatic hydroxyl groups excluding tert-OH is 1. The molecule has 4 nitrogen and oxygen atoms in total. The Balaban J connectivity index is 2.08. The summed E-state index contributed by atoms with van der Waals surface area (Å²) in [7, 11) is 0. The second-order valence-electron chi connectivity index (χ2n) is 4.73. The zero-order valence-corrected chi connectivity index (χ0v) is 9.69. The quantitative estimate of drug-likeness (QED) is 0.706. The maximum absolute atomic E-state index is 11.8. The number of hydrogen-bond acceptors (Lipinski definition) is 3. The van der Waals surface area contributed by atoms with E-state index in [1.165, 1.54) is 4.90 Å². The summed E-state index contributed by atoms with van der Waals surface area (Å²) in [5.41, 5.74) is 1.08. The molecule has 1 heterocycles. The number of hydrogen-bond donors (Lipinski definition) is 1. The number of aliphatic hydroxyl groups is 1. The van der Waals surface area contributed by atoms with E-state index in [0.717, 1.165) is 19.3 Å². The summed E-state index contributed by atoms with van der Waals surface area (Å²) >= 11 is 0. The normalized spacial score (nSPS) is 30.8. The summed E-state index contributed by atoms with van der Waals surface area (Å²) in [6.45, 7) is 3.73. The van der Waals surface area contributed by atoms with Crippen molar-refractivity contribution in [1.82, 2.24) is 4.90 Å². The molecular weight excluding hydrogens is 206 g/mol. The zero-order valence-electron chi connectivity index (χ0n) is 9.69. The minimum atomic E-state index is -0.359. The SMILES string of the molecule is CC1=C(C)C(=O)N(CC2CCCC2O)C1=O. The number of carbonyl (C=O) groups is 2. The highest BCUT2D eigenvalue weighted by atomic mass is 16.3. The lowest BCUT2D eigenvalue weighted by Crippen LogP contribution is -2.38. The van der Waals surface area contributed by atoms with Gasteiger partial charge < -0.3 is 5.11 Å². The highest BCUT2D eigenvalue weighted by Crippen LogP contribution is 2.29. The first-order chi connectivity index (χ1) is 7.52. The van der Waals surface area contributed by atoms with Gasteiger partial charge in [0.2, 0.25) is 0 Å². The Morgan fingerprint density at radius 1 is 1.19 bits per heavy atom. The van der Waals surface area contributed by atoms with Crippen molar-refractivity contribution in [2.45, 2.75) is 39.2 Å². The van der Waals surface area contributed by atoms with Crippen LogP contribution in [0.1, 0.15) is 33.1 Å². The maximum Gasteiger partial charge on any atom is 0.256 e. The largest absolute Gasteiger partial charge is 0.393 e. The van der Waals surface area contributed by atoms with E-state index in [1.54, 1.807) is 13.8 Å². The van der Waals surface area contributed by atoms with E-state index in [4.69, 9.17) is 0 Å². The molecule has 88 valence electrons. The fourth-order valence-corrected chi connectivity index (χ4v) is 2.45. The van der Waals surface area contributed by atoms with Crippen LogP contribution in [0.2, 0.25) is 0 Å². The smallest absolute Gasteiger partial charge is 0.256 e. The molecule has 1 aliphatic carbocycles. The predicted octanol–water partition coefficient (Wildman–Crippen LogP) is 0.853. The fourth-order valence-electron chi connectivity index (χ4n) is 2.45. The van der Waals surface area contributed by atoms with Crippen LogP contribution in [0.15, 0.2) is 11.1 Å². The van der Waals surface area contributed by atoms with Gasteiger partial charge in [-0.3, -0.25) is 14.5 Å². The van der Waals surface area contributed by atoms with Crippen molar-refractivity contribution < 1.29 is 14.7 Å². The van der Waals surface area contributed by atoms with Crippen molar-refractivity contribution in [2.75, 3.05) is 6.54 Å². The zero-order chi connectivity index (χ0) is 11.9. The molecule has 0 aromatic heterocycles. The molecule has 0 saturated heterocycles. The Morgan fingerprint density at radius 2 is 1.75 bits per heavy atom. The van der Waals surface area contributed by atoms with Gasteiger partial charge in [0.05, 0.1) is 6.10 Å². The fraction of sp³-hybridized carbons (Fsp3) is 0.667. The molecule has 2 unspecified atom stereocenters.